The number of ether oxygens (including phenoxy) is 1. The van der Waals surface area contributed by atoms with Crippen LogP contribution in [-0.2, 0) is 4.74 Å². The lowest BCUT2D eigenvalue weighted by atomic mass is 9.91. The fraction of sp³-hybridized carbons (Fsp3) is 0.538. The molecule has 1 amide bonds. The Morgan fingerprint density at radius 1 is 1.38 bits per heavy atom. The highest BCUT2D eigenvalue weighted by molar-refractivity contribution is 6.28. The van der Waals surface area contributed by atoms with E-state index < -0.39 is 0 Å². The largest absolute Gasteiger partial charge is 0.453 e. The molecule has 2 aromatic heterocycles. The number of rotatable bonds is 2. The summed E-state index contributed by atoms with van der Waals surface area (Å²) >= 11 is 5.86. The van der Waals surface area contributed by atoms with Gasteiger partial charge in [-0.3, -0.25) is 0 Å². The Morgan fingerprint density at radius 3 is 2.86 bits per heavy atom. The van der Waals surface area contributed by atoms with Gasteiger partial charge >= 0.3 is 6.09 Å². The number of hydrogen-bond acceptors (Lipinski definition) is 5. The van der Waals surface area contributed by atoms with E-state index in [1.165, 1.54) is 7.11 Å². The van der Waals surface area contributed by atoms with Crippen LogP contribution in [0.3, 0.4) is 0 Å². The van der Waals surface area contributed by atoms with Crippen molar-refractivity contribution in [2.24, 2.45) is 0 Å². The van der Waals surface area contributed by atoms with Crippen LogP contribution in [0.1, 0.15) is 31.7 Å². The summed E-state index contributed by atoms with van der Waals surface area (Å²) in [4.78, 5) is 19.4. The van der Waals surface area contributed by atoms with Gasteiger partial charge in [0.05, 0.1) is 24.7 Å². The number of carbonyl (C=O) groups is 1. The first kappa shape index (κ1) is 14.1. The van der Waals surface area contributed by atoms with Crippen LogP contribution in [0, 0.1) is 0 Å². The van der Waals surface area contributed by atoms with Crippen molar-refractivity contribution in [2.75, 3.05) is 7.11 Å². The molecule has 2 heterocycles. The highest BCUT2D eigenvalue weighted by atomic mass is 35.5. The predicted molar refractivity (Wildman–Crippen MR) is 77.2 cm³/mol. The molecule has 3 rings (SSSR count). The maximum Gasteiger partial charge on any atom is 0.407 e. The van der Waals surface area contributed by atoms with Gasteiger partial charge in [-0.1, -0.05) is 0 Å². The van der Waals surface area contributed by atoms with Crippen molar-refractivity contribution in [2.45, 2.75) is 37.8 Å². The summed E-state index contributed by atoms with van der Waals surface area (Å²) in [7, 11) is 1.38. The Morgan fingerprint density at radius 2 is 2.14 bits per heavy atom. The predicted octanol–water partition coefficient (Wildman–Crippen LogP) is 2.32. The van der Waals surface area contributed by atoms with Crippen molar-refractivity contribution in [1.82, 2.24) is 25.1 Å². The number of halogens is 1. The summed E-state index contributed by atoms with van der Waals surface area (Å²) in [5.74, 6) is 0. The molecule has 0 radical (unpaired) electrons. The van der Waals surface area contributed by atoms with Gasteiger partial charge < -0.3 is 10.1 Å². The summed E-state index contributed by atoms with van der Waals surface area (Å²) in [6.07, 6.45) is 6.69. The maximum atomic E-state index is 11.2. The summed E-state index contributed by atoms with van der Waals surface area (Å²) < 4.78 is 6.54. The lowest BCUT2D eigenvalue weighted by Gasteiger charge is -2.28. The zero-order valence-electron chi connectivity index (χ0n) is 11.6. The third kappa shape index (κ3) is 2.92. The molecule has 112 valence electrons. The van der Waals surface area contributed by atoms with Crippen LogP contribution in [0.15, 0.2) is 12.4 Å². The van der Waals surface area contributed by atoms with E-state index in [4.69, 9.17) is 11.6 Å². The Balaban J connectivity index is 1.71. The number of alkyl carbamates (subject to hydrolysis) is 1. The van der Waals surface area contributed by atoms with Crippen LogP contribution >= 0.6 is 11.6 Å². The molecule has 8 heteroatoms. The van der Waals surface area contributed by atoms with E-state index >= 15 is 0 Å². The minimum Gasteiger partial charge on any atom is -0.453 e. The Bertz CT molecular complexity index is 651. The van der Waals surface area contributed by atoms with Crippen molar-refractivity contribution in [1.29, 1.82) is 0 Å². The number of methoxy groups -OCH3 is 1. The normalized spacial score (nSPS) is 22.2. The molecule has 21 heavy (non-hydrogen) atoms. The van der Waals surface area contributed by atoms with E-state index in [-0.39, 0.29) is 23.5 Å². The Kier molecular flexibility index (Phi) is 3.92. The van der Waals surface area contributed by atoms with Gasteiger partial charge in [-0.15, -0.1) is 0 Å². The highest BCUT2D eigenvalue weighted by Crippen LogP contribution is 2.30. The molecule has 0 bridgehead atoms. The first-order valence-electron chi connectivity index (χ1n) is 6.87. The second-order valence-electron chi connectivity index (χ2n) is 5.15. The van der Waals surface area contributed by atoms with Gasteiger partial charge in [0.2, 0.25) is 5.28 Å². The number of nitrogens with one attached hydrogen (secondary N) is 1. The van der Waals surface area contributed by atoms with E-state index in [9.17, 15) is 4.79 Å². The lowest BCUT2D eigenvalue weighted by molar-refractivity contribution is 0.160. The van der Waals surface area contributed by atoms with Gasteiger partial charge in [0.25, 0.3) is 0 Å². The van der Waals surface area contributed by atoms with Crippen LogP contribution in [0.2, 0.25) is 5.28 Å². The fourth-order valence-electron chi connectivity index (χ4n) is 2.77. The second kappa shape index (κ2) is 5.85. The minimum absolute atomic E-state index is 0.161. The highest BCUT2D eigenvalue weighted by Gasteiger charge is 2.25. The molecule has 0 atom stereocenters. The lowest BCUT2D eigenvalue weighted by Crippen LogP contribution is -2.38. The number of aromatic nitrogens is 4. The molecule has 1 saturated carbocycles. The number of amides is 1. The molecule has 1 N–H and O–H groups in total. The topological polar surface area (TPSA) is 81.9 Å². The molecule has 1 aliphatic carbocycles. The van der Waals surface area contributed by atoms with E-state index in [1.54, 1.807) is 12.4 Å². The quantitative estimate of drug-likeness (QED) is 0.861. The fourth-order valence-corrected chi connectivity index (χ4v) is 2.90. The van der Waals surface area contributed by atoms with Crippen molar-refractivity contribution in [3.05, 3.63) is 17.7 Å². The van der Waals surface area contributed by atoms with Gasteiger partial charge in [-0.05, 0) is 37.3 Å². The molecular weight excluding hydrogens is 294 g/mol. The van der Waals surface area contributed by atoms with Gasteiger partial charge in [0, 0.05) is 12.2 Å². The summed E-state index contributed by atoms with van der Waals surface area (Å²) in [6.45, 7) is 0. The molecule has 0 saturated heterocycles. The molecule has 0 spiro atoms. The smallest absolute Gasteiger partial charge is 0.407 e. The first-order valence-corrected chi connectivity index (χ1v) is 7.25. The second-order valence-corrected chi connectivity index (χ2v) is 5.49. The summed E-state index contributed by atoms with van der Waals surface area (Å²) in [6, 6.07) is 0.429. The first-order chi connectivity index (χ1) is 10.2. The van der Waals surface area contributed by atoms with Gasteiger partial charge in [0.15, 0.2) is 5.65 Å². The average molecular weight is 310 g/mol. The van der Waals surface area contributed by atoms with Crippen LogP contribution in [0.5, 0.6) is 0 Å². The minimum atomic E-state index is -0.373. The summed E-state index contributed by atoms with van der Waals surface area (Å²) in [5, 5.41) is 8.36. The number of hydrogen-bond donors (Lipinski definition) is 1. The zero-order valence-corrected chi connectivity index (χ0v) is 12.4. The molecule has 7 nitrogen and oxygen atoms in total. The number of carbonyl (C=O) groups excluding carboxylic acids is 1. The Hall–Kier alpha value is -1.89. The molecular formula is C13H16ClN5O2. The molecule has 1 aliphatic rings. The van der Waals surface area contributed by atoms with Crippen molar-refractivity contribution in [3.8, 4) is 0 Å². The van der Waals surface area contributed by atoms with Gasteiger partial charge in [-0.2, -0.15) is 10.1 Å². The average Bonchev–Trinajstić information content (AvgIpc) is 2.91. The van der Waals surface area contributed by atoms with Crippen LogP contribution in [0.25, 0.3) is 11.0 Å². The molecule has 0 aliphatic heterocycles. The third-order valence-corrected chi connectivity index (χ3v) is 4.04. The summed E-state index contributed by atoms with van der Waals surface area (Å²) in [5.41, 5.74) is 0.763. The van der Waals surface area contributed by atoms with Crippen molar-refractivity contribution < 1.29 is 9.53 Å². The van der Waals surface area contributed by atoms with Crippen molar-refractivity contribution in [3.63, 3.8) is 0 Å². The SMILES string of the molecule is COC(=O)NC1CCC(n2ncc3cnc(Cl)nc32)CC1. The van der Waals surface area contributed by atoms with E-state index in [0.29, 0.717) is 0 Å². The van der Waals surface area contributed by atoms with E-state index in [2.05, 4.69) is 25.1 Å². The molecule has 0 unspecified atom stereocenters. The number of nitrogens with zero attached hydrogens (tertiary/aromatic N) is 4. The van der Waals surface area contributed by atoms with Crippen molar-refractivity contribution >= 4 is 28.7 Å². The molecule has 1 fully saturated rings. The third-order valence-electron chi connectivity index (χ3n) is 3.85. The zero-order chi connectivity index (χ0) is 14.8. The maximum absolute atomic E-state index is 11.2. The van der Waals surface area contributed by atoms with Crippen LogP contribution < -0.4 is 5.32 Å². The van der Waals surface area contributed by atoms with Gasteiger partial charge in [-0.25, -0.2) is 14.5 Å². The molecule has 0 aromatic carbocycles. The van der Waals surface area contributed by atoms with E-state index in [1.807, 2.05) is 4.68 Å². The Labute approximate surface area is 126 Å². The standard InChI is InChI=1S/C13H16ClN5O2/c1-21-13(20)17-9-2-4-10(5-3-9)19-11-8(7-16-19)6-15-12(14)18-11/h6-7,9-10H,2-5H2,1H3,(H,17,20). The number of fused-ring (bicyclic) bond motifs is 1. The van der Waals surface area contributed by atoms with Gasteiger partial charge in [0.1, 0.15) is 0 Å². The monoisotopic (exact) mass is 309 g/mol. The van der Waals surface area contributed by atoms with E-state index in [0.717, 1.165) is 36.7 Å². The van der Waals surface area contributed by atoms with Crippen LogP contribution in [0.4, 0.5) is 4.79 Å². The van der Waals surface area contributed by atoms with Crippen LogP contribution in [-0.4, -0.2) is 39.0 Å². The molecule has 2 aromatic rings.